The summed E-state index contributed by atoms with van der Waals surface area (Å²) in [5, 5.41) is 9.55. The van der Waals surface area contributed by atoms with Crippen molar-refractivity contribution in [3.05, 3.63) is 24.3 Å². The van der Waals surface area contributed by atoms with Crippen molar-refractivity contribution in [1.82, 2.24) is 0 Å². The van der Waals surface area contributed by atoms with E-state index >= 15 is 0 Å². The molecule has 4 nitrogen and oxygen atoms in total. The maximum absolute atomic E-state index is 12.1. The molecule has 4 heteroatoms. The lowest BCUT2D eigenvalue weighted by Crippen LogP contribution is -2.27. The molecule has 0 bridgehead atoms. The van der Waals surface area contributed by atoms with E-state index in [1.54, 1.807) is 0 Å². The first-order chi connectivity index (χ1) is 20.7. The van der Waals surface area contributed by atoms with Crippen LogP contribution in [-0.4, -0.2) is 37.0 Å². The molecule has 0 radical (unpaired) electrons. The van der Waals surface area contributed by atoms with E-state index < -0.39 is 6.10 Å². The Hall–Kier alpha value is -1.13. The van der Waals surface area contributed by atoms with E-state index in [9.17, 15) is 9.90 Å². The van der Waals surface area contributed by atoms with Crippen molar-refractivity contribution < 1.29 is 19.4 Å². The second-order valence-electron chi connectivity index (χ2n) is 12.3. The zero-order valence-corrected chi connectivity index (χ0v) is 28.3. The predicted octanol–water partition coefficient (Wildman–Crippen LogP) is 11.6. The first kappa shape index (κ1) is 40.9. The summed E-state index contributed by atoms with van der Waals surface area (Å²) >= 11 is 0. The SMILES string of the molecule is CCCCC/C=C\C/C=C\CCCCCCCC(=O)OC(CO)COCCCCCCCCCCCCCCCCC. The summed E-state index contributed by atoms with van der Waals surface area (Å²) in [6.07, 6.45) is 42.1. The molecule has 42 heavy (non-hydrogen) atoms. The molecule has 0 heterocycles. The molecule has 1 atom stereocenters. The number of aliphatic hydroxyl groups is 1. The molecule has 0 aromatic heterocycles. The normalized spacial score (nSPS) is 12.5. The molecule has 1 N–H and O–H groups in total. The molecule has 0 aliphatic rings. The molecule has 248 valence electrons. The fourth-order valence-corrected chi connectivity index (χ4v) is 5.24. The van der Waals surface area contributed by atoms with Crippen LogP contribution in [0, 0.1) is 0 Å². The highest BCUT2D eigenvalue weighted by Crippen LogP contribution is 2.14. The number of ether oxygens (including phenoxy) is 2. The Morgan fingerprint density at radius 1 is 0.571 bits per heavy atom. The van der Waals surface area contributed by atoms with E-state index in [1.165, 1.54) is 128 Å². The lowest BCUT2D eigenvalue weighted by Gasteiger charge is -2.15. The van der Waals surface area contributed by atoms with Crippen LogP contribution in [0.2, 0.25) is 0 Å². The van der Waals surface area contributed by atoms with Gasteiger partial charge in [0.25, 0.3) is 0 Å². The summed E-state index contributed by atoms with van der Waals surface area (Å²) in [4.78, 5) is 12.1. The van der Waals surface area contributed by atoms with Gasteiger partial charge in [0.1, 0.15) is 6.10 Å². The minimum absolute atomic E-state index is 0.174. The molecule has 0 aliphatic heterocycles. The number of carbonyl (C=O) groups excluding carboxylic acids is 1. The van der Waals surface area contributed by atoms with Crippen LogP contribution in [-0.2, 0) is 14.3 Å². The number of allylic oxidation sites excluding steroid dienone is 4. The fraction of sp³-hybridized carbons (Fsp3) is 0.868. The highest BCUT2D eigenvalue weighted by atomic mass is 16.6. The number of hydrogen-bond acceptors (Lipinski definition) is 4. The lowest BCUT2D eigenvalue weighted by molar-refractivity contribution is -0.154. The van der Waals surface area contributed by atoms with E-state index in [0.29, 0.717) is 19.6 Å². The Bertz CT molecular complexity index is 586. The Kier molecular flexibility index (Phi) is 35.1. The van der Waals surface area contributed by atoms with E-state index in [-0.39, 0.29) is 12.6 Å². The second-order valence-corrected chi connectivity index (χ2v) is 12.3. The van der Waals surface area contributed by atoms with Crippen LogP contribution in [0.3, 0.4) is 0 Å². The van der Waals surface area contributed by atoms with Gasteiger partial charge in [0.2, 0.25) is 0 Å². The van der Waals surface area contributed by atoms with Crippen LogP contribution in [0.15, 0.2) is 24.3 Å². The van der Waals surface area contributed by atoms with Crippen molar-refractivity contribution >= 4 is 5.97 Å². The number of carbonyl (C=O) groups is 1. The first-order valence-corrected chi connectivity index (χ1v) is 18.4. The van der Waals surface area contributed by atoms with E-state index in [2.05, 4.69) is 38.2 Å². The van der Waals surface area contributed by atoms with Crippen LogP contribution >= 0.6 is 0 Å². The van der Waals surface area contributed by atoms with Crippen molar-refractivity contribution in [1.29, 1.82) is 0 Å². The Balaban J connectivity index is 3.45. The Morgan fingerprint density at radius 3 is 1.52 bits per heavy atom. The third-order valence-electron chi connectivity index (χ3n) is 8.03. The van der Waals surface area contributed by atoms with Gasteiger partial charge in [-0.25, -0.2) is 0 Å². The molecular formula is C38H72O4. The summed E-state index contributed by atoms with van der Waals surface area (Å²) in [6, 6.07) is 0. The number of aliphatic hydroxyl groups excluding tert-OH is 1. The predicted molar refractivity (Wildman–Crippen MR) is 182 cm³/mol. The van der Waals surface area contributed by atoms with Crippen LogP contribution in [0.4, 0.5) is 0 Å². The molecule has 0 aliphatic carbocycles. The number of esters is 1. The van der Waals surface area contributed by atoms with Crippen LogP contribution in [0.1, 0.15) is 187 Å². The third kappa shape index (κ3) is 33.4. The molecule has 0 rings (SSSR count). The molecule has 0 spiro atoms. The van der Waals surface area contributed by atoms with Crippen LogP contribution in [0.25, 0.3) is 0 Å². The maximum atomic E-state index is 12.1. The summed E-state index contributed by atoms with van der Waals surface area (Å²) < 4.78 is 11.1. The maximum Gasteiger partial charge on any atom is 0.306 e. The van der Waals surface area contributed by atoms with Gasteiger partial charge in [-0.05, 0) is 44.9 Å². The smallest absolute Gasteiger partial charge is 0.306 e. The van der Waals surface area contributed by atoms with Crippen molar-refractivity contribution in [2.24, 2.45) is 0 Å². The van der Waals surface area contributed by atoms with Gasteiger partial charge in [0.05, 0.1) is 13.2 Å². The quantitative estimate of drug-likeness (QED) is 0.0459. The van der Waals surface area contributed by atoms with Crippen molar-refractivity contribution in [2.45, 2.75) is 193 Å². The summed E-state index contributed by atoms with van der Waals surface area (Å²) in [5.41, 5.74) is 0. The molecule has 0 fully saturated rings. The van der Waals surface area contributed by atoms with Gasteiger partial charge in [-0.15, -0.1) is 0 Å². The van der Waals surface area contributed by atoms with Gasteiger partial charge < -0.3 is 14.6 Å². The molecule has 0 saturated heterocycles. The van der Waals surface area contributed by atoms with Gasteiger partial charge in [0.15, 0.2) is 0 Å². The van der Waals surface area contributed by atoms with Crippen molar-refractivity contribution in [3.8, 4) is 0 Å². The van der Waals surface area contributed by atoms with E-state index in [1.807, 2.05) is 0 Å². The number of hydrogen-bond donors (Lipinski definition) is 1. The zero-order chi connectivity index (χ0) is 30.6. The molecule has 0 aromatic rings. The summed E-state index contributed by atoms with van der Waals surface area (Å²) in [5.74, 6) is -0.213. The standard InChI is InChI=1S/C38H72O4/c1-3-5-7-9-11-13-15-17-19-21-23-25-27-29-31-33-38(40)42-37(35-39)36-41-34-32-30-28-26-24-22-20-18-16-14-12-10-8-6-4-2/h11,13,17,19,37,39H,3-10,12,14-16,18,20-36H2,1-2H3/b13-11-,19-17-. The molecular weight excluding hydrogens is 520 g/mol. The summed E-state index contributed by atoms with van der Waals surface area (Å²) in [6.45, 7) is 5.32. The Morgan fingerprint density at radius 2 is 1.00 bits per heavy atom. The zero-order valence-electron chi connectivity index (χ0n) is 28.3. The first-order valence-electron chi connectivity index (χ1n) is 18.4. The largest absolute Gasteiger partial charge is 0.457 e. The van der Waals surface area contributed by atoms with E-state index in [4.69, 9.17) is 9.47 Å². The molecule has 0 saturated carbocycles. The highest BCUT2D eigenvalue weighted by molar-refractivity contribution is 5.69. The van der Waals surface area contributed by atoms with Crippen LogP contribution in [0.5, 0.6) is 0 Å². The van der Waals surface area contributed by atoms with Gasteiger partial charge in [0, 0.05) is 13.0 Å². The average Bonchev–Trinajstić information content (AvgIpc) is 3.00. The fourth-order valence-electron chi connectivity index (χ4n) is 5.24. The molecule has 0 amide bonds. The third-order valence-corrected chi connectivity index (χ3v) is 8.03. The summed E-state index contributed by atoms with van der Waals surface area (Å²) in [7, 11) is 0. The van der Waals surface area contributed by atoms with Gasteiger partial charge in [-0.1, -0.05) is 160 Å². The monoisotopic (exact) mass is 593 g/mol. The topological polar surface area (TPSA) is 55.8 Å². The Labute approximate surface area is 262 Å². The number of rotatable bonds is 34. The van der Waals surface area contributed by atoms with E-state index in [0.717, 1.165) is 38.5 Å². The van der Waals surface area contributed by atoms with Gasteiger partial charge in [-0.3, -0.25) is 4.79 Å². The highest BCUT2D eigenvalue weighted by Gasteiger charge is 2.13. The average molecular weight is 593 g/mol. The second kappa shape index (κ2) is 36.1. The minimum Gasteiger partial charge on any atom is -0.457 e. The van der Waals surface area contributed by atoms with Gasteiger partial charge in [-0.2, -0.15) is 0 Å². The molecule has 1 unspecified atom stereocenters. The van der Waals surface area contributed by atoms with Crippen molar-refractivity contribution in [3.63, 3.8) is 0 Å². The number of unbranched alkanes of at least 4 members (excludes halogenated alkanes) is 22. The minimum atomic E-state index is -0.535. The lowest BCUT2D eigenvalue weighted by atomic mass is 10.0. The van der Waals surface area contributed by atoms with Gasteiger partial charge >= 0.3 is 5.97 Å². The van der Waals surface area contributed by atoms with Crippen LogP contribution < -0.4 is 0 Å². The molecule has 0 aromatic carbocycles. The van der Waals surface area contributed by atoms with Crippen molar-refractivity contribution in [2.75, 3.05) is 19.8 Å².